The van der Waals surface area contributed by atoms with E-state index in [2.05, 4.69) is 0 Å². The van der Waals surface area contributed by atoms with Gasteiger partial charge in [-0.15, -0.1) is 0 Å². The number of carbonyl (C=O) groups excluding carboxylic acids is 1. The number of fused-ring (bicyclic) bond motifs is 1. The number of benzene rings is 1. The van der Waals surface area contributed by atoms with Crippen molar-refractivity contribution in [3.63, 3.8) is 0 Å². The third-order valence-corrected chi connectivity index (χ3v) is 3.67. The summed E-state index contributed by atoms with van der Waals surface area (Å²) in [5, 5.41) is 8.92. The van der Waals surface area contributed by atoms with Crippen LogP contribution >= 0.6 is 0 Å². The molecule has 1 aromatic rings. The number of carboxylic acids is 1. The molecular weight excluding hydrogens is 282 g/mol. The Morgan fingerprint density at radius 3 is 2.50 bits per heavy atom. The summed E-state index contributed by atoms with van der Waals surface area (Å²) in [7, 11) is 0. The first-order valence-electron chi connectivity index (χ1n) is 7.54. The van der Waals surface area contributed by atoms with Gasteiger partial charge in [0.25, 0.3) is 0 Å². The van der Waals surface area contributed by atoms with Gasteiger partial charge in [0.15, 0.2) is 0 Å². The molecule has 5 heteroatoms. The minimum absolute atomic E-state index is 0.0477. The van der Waals surface area contributed by atoms with Crippen molar-refractivity contribution in [2.24, 2.45) is 0 Å². The molecule has 1 heterocycles. The van der Waals surface area contributed by atoms with Gasteiger partial charge in [-0.1, -0.05) is 24.3 Å². The van der Waals surface area contributed by atoms with E-state index in [9.17, 15) is 9.59 Å². The van der Waals surface area contributed by atoms with E-state index >= 15 is 0 Å². The average Bonchev–Trinajstić information content (AvgIpc) is 2.42. The van der Waals surface area contributed by atoms with Crippen molar-refractivity contribution in [2.75, 3.05) is 0 Å². The molecule has 1 atom stereocenters. The summed E-state index contributed by atoms with van der Waals surface area (Å²) < 4.78 is 5.47. The molecule has 0 unspecified atom stereocenters. The number of ether oxygens (including phenoxy) is 1. The van der Waals surface area contributed by atoms with E-state index < -0.39 is 11.6 Å². The number of hydrogen-bond acceptors (Lipinski definition) is 3. The summed E-state index contributed by atoms with van der Waals surface area (Å²) >= 11 is 0. The van der Waals surface area contributed by atoms with E-state index in [4.69, 9.17) is 9.84 Å². The Kier molecular flexibility index (Phi) is 4.74. The quantitative estimate of drug-likeness (QED) is 0.931. The smallest absolute Gasteiger partial charge is 0.410 e. The molecule has 22 heavy (non-hydrogen) atoms. The van der Waals surface area contributed by atoms with E-state index in [-0.39, 0.29) is 18.6 Å². The monoisotopic (exact) mass is 305 g/mol. The van der Waals surface area contributed by atoms with E-state index in [0.29, 0.717) is 19.4 Å². The number of amides is 1. The van der Waals surface area contributed by atoms with Gasteiger partial charge >= 0.3 is 12.1 Å². The molecule has 0 aliphatic carbocycles. The van der Waals surface area contributed by atoms with Crippen molar-refractivity contribution in [1.29, 1.82) is 0 Å². The van der Waals surface area contributed by atoms with Crippen LogP contribution in [0.4, 0.5) is 4.79 Å². The summed E-state index contributed by atoms with van der Waals surface area (Å²) in [6.07, 6.45) is 0.773. The Labute approximate surface area is 130 Å². The number of carboxylic acid groups (broad SMARTS) is 1. The topological polar surface area (TPSA) is 66.8 Å². The molecule has 0 spiro atoms. The summed E-state index contributed by atoms with van der Waals surface area (Å²) in [5.41, 5.74) is 1.71. The van der Waals surface area contributed by atoms with Crippen molar-refractivity contribution in [3.05, 3.63) is 35.4 Å². The van der Waals surface area contributed by atoms with E-state index in [0.717, 1.165) is 5.56 Å². The molecule has 0 saturated heterocycles. The van der Waals surface area contributed by atoms with Crippen LogP contribution in [-0.4, -0.2) is 33.7 Å². The highest BCUT2D eigenvalue weighted by molar-refractivity contribution is 5.70. The van der Waals surface area contributed by atoms with Crippen LogP contribution in [0.1, 0.15) is 44.7 Å². The van der Waals surface area contributed by atoms with Gasteiger partial charge in [-0.2, -0.15) is 0 Å². The minimum atomic E-state index is -0.844. The van der Waals surface area contributed by atoms with E-state index in [1.54, 1.807) is 4.90 Å². The van der Waals surface area contributed by atoms with Crippen molar-refractivity contribution in [2.45, 2.75) is 58.2 Å². The van der Waals surface area contributed by atoms with Gasteiger partial charge in [0.2, 0.25) is 0 Å². The maximum atomic E-state index is 12.4. The molecular formula is C17H23NO4. The first-order chi connectivity index (χ1) is 10.3. The molecule has 0 radical (unpaired) electrons. The lowest BCUT2D eigenvalue weighted by Crippen LogP contribution is -2.46. The van der Waals surface area contributed by atoms with Crippen molar-refractivity contribution in [3.8, 4) is 0 Å². The largest absolute Gasteiger partial charge is 0.481 e. The number of hydrogen-bond donors (Lipinski definition) is 1. The first kappa shape index (κ1) is 16.3. The summed E-state index contributed by atoms with van der Waals surface area (Å²) in [6.45, 7) is 5.95. The standard InChI is InChI=1S/C17H23NO4/c1-17(2,3)22-16(21)18-11-13-7-5-4-6-12(13)10-14(18)8-9-15(19)20/h4-7,14H,8-11H2,1-3H3,(H,19,20)/t14-/m1/s1. The molecule has 0 fully saturated rings. The maximum absolute atomic E-state index is 12.4. The first-order valence-corrected chi connectivity index (χ1v) is 7.54. The van der Waals surface area contributed by atoms with E-state index in [1.807, 2.05) is 45.0 Å². The summed E-state index contributed by atoms with van der Waals surface area (Å²) in [4.78, 5) is 25.0. The lowest BCUT2D eigenvalue weighted by atomic mass is 9.92. The van der Waals surface area contributed by atoms with Gasteiger partial charge in [-0.25, -0.2) is 4.79 Å². The fourth-order valence-electron chi connectivity index (χ4n) is 2.67. The van der Waals surface area contributed by atoms with Crippen LogP contribution < -0.4 is 0 Å². The summed E-state index contributed by atoms with van der Waals surface area (Å²) in [6, 6.07) is 7.82. The highest BCUT2D eigenvalue weighted by atomic mass is 16.6. The van der Waals surface area contributed by atoms with Gasteiger partial charge < -0.3 is 14.7 Å². The average molecular weight is 305 g/mol. The Morgan fingerprint density at radius 2 is 1.91 bits per heavy atom. The fraction of sp³-hybridized carbons (Fsp3) is 0.529. The third-order valence-electron chi connectivity index (χ3n) is 3.67. The summed E-state index contributed by atoms with van der Waals surface area (Å²) in [5.74, 6) is -0.844. The predicted molar refractivity (Wildman–Crippen MR) is 82.6 cm³/mol. The van der Waals surface area contributed by atoms with Crippen LogP contribution in [0.5, 0.6) is 0 Å². The second kappa shape index (κ2) is 6.38. The molecule has 1 aromatic carbocycles. The molecule has 0 saturated carbocycles. The number of rotatable bonds is 3. The number of nitrogens with zero attached hydrogens (tertiary/aromatic N) is 1. The zero-order valence-electron chi connectivity index (χ0n) is 13.3. The van der Waals surface area contributed by atoms with Crippen LogP contribution in [-0.2, 0) is 22.5 Å². The molecule has 2 rings (SSSR count). The minimum Gasteiger partial charge on any atom is -0.481 e. The van der Waals surface area contributed by atoms with Crippen molar-refractivity contribution >= 4 is 12.1 Å². The molecule has 1 aliphatic rings. The Morgan fingerprint density at radius 1 is 1.27 bits per heavy atom. The SMILES string of the molecule is CC(C)(C)OC(=O)N1Cc2ccccc2C[C@H]1CCC(=O)O. The van der Waals surface area contributed by atoms with Crippen LogP contribution in [0.25, 0.3) is 0 Å². The van der Waals surface area contributed by atoms with Crippen LogP contribution in [0.3, 0.4) is 0 Å². The van der Waals surface area contributed by atoms with Gasteiger partial charge in [0, 0.05) is 19.0 Å². The third kappa shape index (κ3) is 4.23. The molecule has 0 aromatic heterocycles. The van der Waals surface area contributed by atoms with Gasteiger partial charge in [-0.3, -0.25) is 4.79 Å². The lowest BCUT2D eigenvalue weighted by molar-refractivity contribution is -0.137. The zero-order valence-corrected chi connectivity index (χ0v) is 13.3. The highest BCUT2D eigenvalue weighted by Gasteiger charge is 2.32. The van der Waals surface area contributed by atoms with Crippen molar-refractivity contribution < 1.29 is 19.4 Å². The Hall–Kier alpha value is -2.04. The molecule has 5 nitrogen and oxygen atoms in total. The highest BCUT2D eigenvalue weighted by Crippen LogP contribution is 2.27. The molecule has 1 amide bonds. The second-order valence-corrected chi connectivity index (χ2v) is 6.67. The van der Waals surface area contributed by atoms with Gasteiger partial charge in [0.1, 0.15) is 5.60 Å². The van der Waals surface area contributed by atoms with Gasteiger partial charge in [-0.05, 0) is 44.7 Å². The van der Waals surface area contributed by atoms with Crippen LogP contribution in [0.2, 0.25) is 0 Å². The molecule has 120 valence electrons. The molecule has 1 aliphatic heterocycles. The predicted octanol–water partition coefficient (Wildman–Crippen LogP) is 3.21. The zero-order chi connectivity index (χ0) is 16.3. The van der Waals surface area contributed by atoms with E-state index in [1.165, 1.54) is 5.56 Å². The van der Waals surface area contributed by atoms with Gasteiger partial charge in [0.05, 0.1) is 0 Å². The maximum Gasteiger partial charge on any atom is 0.410 e. The Bertz CT molecular complexity index is 562. The molecule has 1 N–H and O–H groups in total. The van der Waals surface area contributed by atoms with Crippen molar-refractivity contribution in [1.82, 2.24) is 4.90 Å². The number of aliphatic carboxylic acids is 1. The molecule has 0 bridgehead atoms. The Balaban J connectivity index is 2.19. The van der Waals surface area contributed by atoms with Crippen LogP contribution in [0.15, 0.2) is 24.3 Å². The second-order valence-electron chi connectivity index (χ2n) is 6.67. The fourth-order valence-corrected chi connectivity index (χ4v) is 2.67. The normalized spacial score (nSPS) is 17.8. The van der Waals surface area contributed by atoms with Crippen LogP contribution in [0, 0.1) is 0 Å². The number of carbonyl (C=O) groups is 2. The lowest BCUT2D eigenvalue weighted by Gasteiger charge is -2.37.